The van der Waals surface area contributed by atoms with Gasteiger partial charge in [0.25, 0.3) is 0 Å². The van der Waals surface area contributed by atoms with E-state index in [2.05, 4.69) is 36.7 Å². The first-order chi connectivity index (χ1) is 9.75. The van der Waals surface area contributed by atoms with Crippen molar-refractivity contribution in [1.29, 1.82) is 0 Å². The molecule has 2 rings (SSSR count). The zero-order valence-electron chi connectivity index (χ0n) is 12.5. The molecule has 0 aliphatic carbocycles. The summed E-state index contributed by atoms with van der Waals surface area (Å²) in [6, 6.07) is 12.7. The van der Waals surface area contributed by atoms with Crippen molar-refractivity contribution in [2.45, 2.75) is 38.7 Å². The third kappa shape index (κ3) is 4.39. The van der Waals surface area contributed by atoms with Crippen molar-refractivity contribution in [3.63, 3.8) is 0 Å². The quantitative estimate of drug-likeness (QED) is 0.810. The van der Waals surface area contributed by atoms with E-state index in [1.54, 1.807) is 0 Å². The van der Waals surface area contributed by atoms with E-state index in [-0.39, 0.29) is 11.2 Å². The number of aliphatic hydroxyl groups is 1. The highest BCUT2D eigenvalue weighted by Gasteiger charge is 2.15. The summed E-state index contributed by atoms with van der Waals surface area (Å²) in [7, 11) is 0. The third-order valence-electron chi connectivity index (χ3n) is 3.51. The number of aliphatic hydroxyl groups excluding tert-OH is 1. The molecule has 0 aliphatic heterocycles. The van der Waals surface area contributed by atoms with Crippen LogP contribution in [-0.2, 0) is 11.8 Å². The highest BCUT2D eigenvalue weighted by Crippen LogP contribution is 2.26. The Hall–Kier alpha value is -1.19. The van der Waals surface area contributed by atoms with E-state index < -0.39 is 6.10 Å². The van der Waals surface area contributed by atoms with Gasteiger partial charge in [0, 0.05) is 10.9 Å². The van der Waals surface area contributed by atoms with Gasteiger partial charge in [0.15, 0.2) is 0 Å². The predicted octanol–water partition coefficient (Wildman–Crippen LogP) is 5.16. The van der Waals surface area contributed by atoms with Crippen LogP contribution in [0, 0.1) is 5.82 Å². The normalized spacial score (nSPS) is 13.2. The van der Waals surface area contributed by atoms with Gasteiger partial charge in [-0.1, -0.05) is 61.0 Å². The number of hydrogen-bond acceptors (Lipinski definition) is 1. The summed E-state index contributed by atoms with van der Waals surface area (Å²) in [5, 5.41) is 10.3. The third-order valence-corrected chi connectivity index (χ3v) is 3.97. The summed E-state index contributed by atoms with van der Waals surface area (Å²) in [5.41, 5.74) is 2.95. The predicted molar refractivity (Wildman–Crippen MR) is 87.9 cm³/mol. The van der Waals surface area contributed by atoms with Crippen LogP contribution in [0.15, 0.2) is 46.9 Å². The van der Waals surface area contributed by atoms with E-state index in [0.29, 0.717) is 10.9 Å². The molecule has 0 heterocycles. The number of halogens is 2. The molecule has 0 fully saturated rings. The molecular weight excluding hydrogens is 331 g/mol. The zero-order valence-corrected chi connectivity index (χ0v) is 14.1. The fourth-order valence-electron chi connectivity index (χ4n) is 2.28. The Morgan fingerprint density at radius 1 is 1.10 bits per heavy atom. The van der Waals surface area contributed by atoms with Gasteiger partial charge in [-0.05, 0) is 40.3 Å². The lowest BCUT2D eigenvalue weighted by Gasteiger charge is -2.20. The molecule has 0 aromatic heterocycles. The topological polar surface area (TPSA) is 20.2 Å². The molecule has 0 saturated heterocycles. The maximum Gasteiger partial charge on any atom is 0.124 e. The Balaban J connectivity index is 2.15. The van der Waals surface area contributed by atoms with Gasteiger partial charge < -0.3 is 5.11 Å². The van der Waals surface area contributed by atoms with Crippen LogP contribution in [0.5, 0.6) is 0 Å². The van der Waals surface area contributed by atoms with Gasteiger partial charge in [-0.15, -0.1) is 0 Å². The van der Waals surface area contributed by atoms with Crippen LogP contribution in [0.2, 0.25) is 0 Å². The summed E-state index contributed by atoms with van der Waals surface area (Å²) >= 11 is 3.27. The van der Waals surface area contributed by atoms with Gasteiger partial charge in [-0.25, -0.2) is 4.39 Å². The lowest BCUT2D eigenvalue weighted by Crippen LogP contribution is -2.11. The molecular formula is C18H20BrFO. The minimum Gasteiger partial charge on any atom is -0.388 e. The van der Waals surface area contributed by atoms with Crippen LogP contribution in [0.4, 0.5) is 4.39 Å². The Morgan fingerprint density at radius 3 is 2.24 bits per heavy atom. The van der Waals surface area contributed by atoms with Crippen molar-refractivity contribution >= 4 is 15.9 Å². The van der Waals surface area contributed by atoms with E-state index >= 15 is 0 Å². The van der Waals surface area contributed by atoms with Gasteiger partial charge in [-0.2, -0.15) is 0 Å². The molecule has 1 nitrogen and oxygen atoms in total. The largest absolute Gasteiger partial charge is 0.388 e. The molecule has 3 heteroatoms. The Morgan fingerprint density at radius 2 is 1.71 bits per heavy atom. The SMILES string of the molecule is CC(C)(C)c1ccc(C(O)Cc2cc(F)cc(Br)c2)cc1. The average Bonchev–Trinajstić information content (AvgIpc) is 2.36. The summed E-state index contributed by atoms with van der Waals surface area (Å²) < 4.78 is 14.0. The van der Waals surface area contributed by atoms with Gasteiger partial charge in [-0.3, -0.25) is 0 Å². The summed E-state index contributed by atoms with van der Waals surface area (Å²) in [4.78, 5) is 0. The smallest absolute Gasteiger partial charge is 0.124 e. The molecule has 0 amide bonds. The van der Waals surface area contributed by atoms with Crippen molar-refractivity contribution in [1.82, 2.24) is 0 Å². The maximum absolute atomic E-state index is 13.4. The molecule has 2 aromatic rings. The fourth-order valence-corrected chi connectivity index (χ4v) is 2.79. The van der Waals surface area contributed by atoms with Crippen LogP contribution < -0.4 is 0 Å². The van der Waals surface area contributed by atoms with Gasteiger partial charge in [0.1, 0.15) is 5.82 Å². The summed E-state index contributed by atoms with van der Waals surface area (Å²) in [6.07, 6.45) is -0.238. The van der Waals surface area contributed by atoms with E-state index in [9.17, 15) is 9.50 Å². The van der Waals surface area contributed by atoms with Crippen LogP contribution >= 0.6 is 15.9 Å². The van der Waals surface area contributed by atoms with Crippen molar-refractivity contribution in [2.24, 2.45) is 0 Å². The van der Waals surface area contributed by atoms with Gasteiger partial charge in [0.05, 0.1) is 6.10 Å². The van der Waals surface area contributed by atoms with E-state index in [1.807, 2.05) is 30.3 Å². The highest BCUT2D eigenvalue weighted by atomic mass is 79.9. The first-order valence-electron chi connectivity index (χ1n) is 6.99. The first-order valence-corrected chi connectivity index (χ1v) is 7.78. The summed E-state index contributed by atoms with van der Waals surface area (Å²) in [6.45, 7) is 6.47. The molecule has 1 atom stereocenters. The van der Waals surface area contributed by atoms with Gasteiger partial charge in [0.2, 0.25) is 0 Å². The standard InChI is InChI=1S/C18H20BrFO/c1-18(2,3)14-6-4-13(5-7-14)17(21)10-12-8-15(19)11-16(20)9-12/h4-9,11,17,21H,10H2,1-3H3. The molecule has 2 aromatic carbocycles. The number of benzene rings is 2. The van der Waals surface area contributed by atoms with Gasteiger partial charge >= 0.3 is 0 Å². The lowest BCUT2D eigenvalue weighted by atomic mass is 9.86. The molecule has 0 saturated carbocycles. The fraction of sp³-hybridized carbons (Fsp3) is 0.333. The monoisotopic (exact) mass is 350 g/mol. The van der Waals surface area contributed by atoms with E-state index in [1.165, 1.54) is 17.7 Å². The molecule has 1 N–H and O–H groups in total. The summed E-state index contributed by atoms with van der Waals surface area (Å²) in [5.74, 6) is -0.297. The lowest BCUT2D eigenvalue weighted by molar-refractivity contribution is 0.178. The number of rotatable bonds is 3. The van der Waals surface area contributed by atoms with Crippen molar-refractivity contribution in [2.75, 3.05) is 0 Å². The van der Waals surface area contributed by atoms with Crippen molar-refractivity contribution in [3.05, 3.63) is 69.4 Å². The maximum atomic E-state index is 13.4. The number of hydrogen-bond donors (Lipinski definition) is 1. The average molecular weight is 351 g/mol. The molecule has 0 bridgehead atoms. The van der Waals surface area contributed by atoms with E-state index in [0.717, 1.165) is 11.1 Å². The van der Waals surface area contributed by atoms with Crippen LogP contribution in [0.25, 0.3) is 0 Å². The van der Waals surface area contributed by atoms with Crippen LogP contribution in [0.1, 0.15) is 43.6 Å². The second kappa shape index (κ2) is 6.29. The van der Waals surface area contributed by atoms with Crippen LogP contribution in [-0.4, -0.2) is 5.11 Å². The van der Waals surface area contributed by atoms with Crippen LogP contribution in [0.3, 0.4) is 0 Å². The molecule has 21 heavy (non-hydrogen) atoms. The zero-order chi connectivity index (χ0) is 15.6. The molecule has 112 valence electrons. The second-order valence-corrected chi connectivity index (χ2v) is 7.29. The molecule has 1 unspecified atom stereocenters. The van der Waals surface area contributed by atoms with Crippen molar-refractivity contribution in [3.8, 4) is 0 Å². The molecule has 0 aliphatic rings. The molecule has 0 radical (unpaired) electrons. The molecule has 0 spiro atoms. The van der Waals surface area contributed by atoms with Crippen molar-refractivity contribution < 1.29 is 9.50 Å². The highest BCUT2D eigenvalue weighted by molar-refractivity contribution is 9.10. The first kappa shape index (κ1) is 16.2. The Labute approximate surface area is 134 Å². The second-order valence-electron chi connectivity index (χ2n) is 6.37. The Kier molecular flexibility index (Phi) is 4.84. The minimum atomic E-state index is -0.632. The Bertz CT molecular complexity index is 594. The van der Waals surface area contributed by atoms with E-state index in [4.69, 9.17) is 0 Å². The minimum absolute atomic E-state index is 0.0942.